The molecule has 0 amide bonds. The monoisotopic (exact) mass is 326 g/mol. The van der Waals surface area contributed by atoms with Crippen LogP contribution in [0.15, 0.2) is 35.5 Å². The van der Waals surface area contributed by atoms with Crippen molar-refractivity contribution in [3.8, 4) is 0 Å². The maximum absolute atomic E-state index is 11.1. The van der Waals surface area contributed by atoms with E-state index in [1.54, 1.807) is 6.08 Å². The van der Waals surface area contributed by atoms with E-state index >= 15 is 0 Å². The van der Waals surface area contributed by atoms with E-state index in [1.165, 1.54) is 0 Å². The Kier molecular flexibility index (Phi) is 5.26. The van der Waals surface area contributed by atoms with E-state index in [0.717, 1.165) is 24.8 Å². The first kappa shape index (κ1) is 17.0. The summed E-state index contributed by atoms with van der Waals surface area (Å²) in [5.41, 5.74) is 6.84. The molecular formula is C15H23ClN4O2. The number of hydrogen-bond donors (Lipinski definition) is 3. The topological polar surface area (TPSA) is 93.2 Å². The second kappa shape index (κ2) is 6.81. The maximum Gasteiger partial charge on any atom is 0.249 e. The third-order valence-corrected chi connectivity index (χ3v) is 4.66. The normalized spacial score (nSPS) is 28.4. The molecule has 4 N–H and O–H groups in total. The van der Waals surface area contributed by atoms with Gasteiger partial charge in [-0.15, -0.1) is 0 Å². The Bertz CT molecular complexity index is 514. The summed E-state index contributed by atoms with van der Waals surface area (Å²) < 4.78 is 0. The van der Waals surface area contributed by atoms with Gasteiger partial charge < -0.3 is 11.1 Å². The molecule has 22 heavy (non-hydrogen) atoms. The van der Waals surface area contributed by atoms with Gasteiger partial charge in [0, 0.05) is 22.9 Å². The lowest BCUT2D eigenvalue weighted by Gasteiger charge is -2.39. The van der Waals surface area contributed by atoms with E-state index in [2.05, 4.69) is 17.2 Å². The first-order valence-corrected chi connectivity index (χ1v) is 7.88. The van der Waals surface area contributed by atoms with Crippen LogP contribution in [0.1, 0.15) is 32.6 Å². The Morgan fingerprint density at radius 3 is 2.95 bits per heavy atom. The Labute approximate surface area is 135 Å². The summed E-state index contributed by atoms with van der Waals surface area (Å²) in [6.45, 7) is 5.96. The Morgan fingerprint density at radius 1 is 1.73 bits per heavy atom. The summed E-state index contributed by atoms with van der Waals surface area (Å²) in [5.74, 6) is 0. The molecule has 0 aromatic carbocycles. The Hall–Kier alpha value is -1.37. The van der Waals surface area contributed by atoms with E-state index in [0.29, 0.717) is 11.6 Å². The summed E-state index contributed by atoms with van der Waals surface area (Å²) in [6.07, 6.45) is 8.35. The fourth-order valence-corrected chi connectivity index (χ4v) is 2.88. The summed E-state index contributed by atoms with van der Waals surface area (Å²) in [4.78, 5) is 10.8. The van der Waals surface area contributed by atoms with Crippen LogP contribution in [0.2, 0.25) is 0 Å². The number of halogens is 1. The third kappa shape index (κ3) is 3.88. The lowest BCUT2D eigenvalue weighted by molar-refractivity contribution is -0.527. The average molecular weight is 327 g/mol. The standard InChI is InChI=1S/C15H23ClN4O2/c1-10(15(17)8-3-9-15)4-5-11(2)18-14-12(20(21)22)6-7-13(16)19-14/h4-5,7,11-12,14,18-19H,1,3,6,8-9,17H2,2H3/b5-4-/t11-,12+,14-/m0/s1. The average Bonchev–Trinajstić information content (AvgIpc) is 2.41. The molecule has 1 saturated carbocycles. The number of nitro groups is 1. The van der Waals surface area contributed by atoms with Crippen molar-refractivity contribution in [2.24, 2.45) is 5.73 Å². The first-order valence-electron chi connectivity index (χ1n) is 7.50. The molecule has 1 fully saturated rings. The number of nitrogens with one attached hydrogen (secondary N) is 2. The molecule has 0 spiro atoms. The first-order chi connectivity index (χ1) is 10.3. The highest BCUT2D eigenvalue weighted by Gasteiger charge is 2.35. The van der Waals surface area contributed by atoms with Gasteiger partial charge in [-0.1, -0.05) is 30.3 Å². The smallest absolute Gasteiger partial charge is 0.249 e. The van der Waals surface area contributed by atoms with Crippen LogP contribution in [0.5, 0.6) is 0 Å². The predicted molar refractivity (Wildman–Crippen MR) is 87.9 cm³/mol. The summed E-state index contributed by atoms with van der Waals surface area (Å²) in [5, 5.41) is 17.6. The van der Waals surface area contributed by atoms with Gasteiger partial charge in [0.1, 0.15) is 6.17 Å². The van der Waals surface area contributed by atoms with Crippen molar-refractivity contribution in [1.82, 2.24) is 10.6 Å². The minimum atomic E-state index is -0.742. The van der Waals surface area contributed by atoms with Gasteiger partial charge >= 0.3 is 0 Å². The summed E-state index contributed by atoms with van der Waals surface area (Å²) in [6, 6.07) is -0.808. The molecule has 0 aromatic rings. The second-order valence-electron chi connectivity index (χ2n) is 6.11. The highest BCUT2D eigenvalue weighted by Crippen LogP contribution is 2.35. The van der Waals surface area contributed by atoms with Crippen LogP contribution in [0.25, 0.3) is 0 Å². The summed E-state index contributed by atoms with van der Waals surface area (Å²) in [7, 11) is 0. The van der Waals surface area contributed by atoms with Crippen LogP contribution < -0.4 is 16.4 Å². The Balaban J connectivity index is 1.92. The van der Waals surface area contributed by atoms with Gasteiger partial charge in [0.15, 0.2) is 0 Å². The van der Waals surface area contributed by atoms with Crippen molar-refractivity contribution in [2.45, 2.75) is 56.4 Å². The fourth-order valence-electron chi connectivity index (χ4n) is 2.67. The van der Waals surface area contributed by atoms with Crippen molar-refractivity contribution in [2.75, 3.05) is 0 Å². The van der Waals surface area contributed by atoms with Crippen LogP contribution in [-0.4, -0.2) is 28.7 Å². The van der Waals surface area contributed by atoms with Crippen LogP contribution >= 0.6 is 11.6 Å². The van der Waals surface area contributed by atoms with Gasteiger partial charge in [-0.3, -0.25) is 15.4 Å². The van der Waals surface area contributed by atoms with Gasteiger partial charge in [0.25, 0.3) is 0 Å². The zero-order valence-electron chi connectivity index (χ0n) is 12.7. The van der Waals surface area contributed by atoms with Gasteiger partial charge in [-0.25, -0.2) is 0 Å². The lowest BCUT2D eigenvalue weighted by Crippen LogP contribution is -2.56. The van der Waals surface area contributed by atoms with Crippen molar-refractivity contribution < 1.29 is 4.92 Å². The van der Waals surface area contributed by atoms with Crippen molar-refractivity contribution in [3.63, 3.8) is 0 Å². The molecule has 3 atom stereocenters. The van der Waals surface area contributed by atoms with Gasteiger partial charge in [0.2, 0.25) is 6.04 Å². The quantitative estimate of drug-likeness (QED) is 0.300. The van der Waals surface area contributed by atoms with E-state index in [-0.39, 0.29) is 16.5 Å². The molecule has 2 aliphatic rings. The third-order valence-electron chi connectivity index (χ3n) is 4.40. The molecule has 0 radical (unpaired) electrons. The maximum atomic E-state index is 11.1. The summed E-state index contributed by atoms with van der Waals surface area (Å²) >= 11 is 5.92. The van der Waals surface area contributed by atoms with E-state index in [4.69, 9.17) is 17.3 Å². The zero-order valence-corrected chi connectivity index (χ0v) is 13.5. The molecule has 1 aliphatic heterocycles. The minimum Gasteiger partial charge on any atom is -0.355 e. The number of rotatable bonds is 6. The second-order valence-corrected chi connectivity index (χ2v) is 6.52. The number of nitrogens with zero attached hydrogens (tertiary/aromatic N) is 1. The molecule has 1 heterocycles. The van der Waals surface area contributed by atoms with E-state index in [9.17, 15) is 10.1 Å². The van der Waals surface area contributed by atoms with Gasteiger partial charge in [-0.05, 0) is 37.8 Å². The number of nitrogens with two attached hydrogens (primary N) is 1. The SMILES string of the molecule is C=C(/C=C\[C@H](C)N[C@H]1NC(Cl)=CC[C@H]1[N+](=O)[O-])C1(N)CCC1. The molecule has 7 heteroatoms. The fraction of sp³-hybridized carbons (Fsp3) is 0.600. The largest absolute Gasteiger partial charge is 0.355 e. The van der Waals surface area contributed by atoms with Crippen LogP contribution in [-0.2, 0) is 0 Å². The molecule has 122 valence electrons. The molecular weight excluding hydrogens is 304 g/mol. The van der Waals surface area contributed by atoms with Crippen LogP contribution in [0.4, 0.5) is 0 Å². The van der Waals surface area contributed by atoms with Gasteiger partial charge in [-0.2, -0.15) is 0 Å². The molecule has 6 nitrogen and oxygen atoms in total. The van der Waals surface area contributed by atoms with Crippen LogP contribution in [0.3, 0.4) is 0 Å². The van der Waals surface area contributed by atoms with Crippen molar-refractivity contribution in [1.29, 1.82) is 0 Å². The van der Waals surface area contributed by atoms with Crippen molar-refractivity contribution in [3.05, 3.63) is 45.7 Å². The molecule has 1 aliphatic carbocycles. The van der Waals surface area contributed by atoms with Gasteiger partial charge in [0.05, 0.1) is 5.16 Å². The number of hydrogen-bond acceptors (Lipinski definition) is 5. The lowest BCUT2D eigenvalue weighted by atomic mass is 9.72. The zero-order chi connectivity index (χ0) is 16.3. The predicted octanol–water partition coefficient (Wildman–Crippen LogP) is 2.00. The Morgan fingerprint density at radius 2 is 2.41 bits per heavy atom. The van der Waals surface area contributed by atoms with E-state index in [1.807, 2.05) is 19.1 Å². The molecule has 0 unspecified atom stereocenters. The van der Waals surface area contributed by atoms with Crippen LogP contribution in [0, 0.1) is 10.1 Å². The van der Waals surface area contributed by atoms with Crippen molar-refractivity contribution >= 4 is 11.6 Å². The molecule has 2 rings (SSSR count). The minimum absolute atomic E-state index is 0.0667. The molecule has 0 saturated heterocycles. The highest BCUT2D eigenvalue weighted by atomic mass is 35.5. The van der Waals surface area contributed by atoms with E-state index < -0.39 is 12.2 Å². The highest BCUT2D eigenvalue weighted by molar-refractivity contribution is 6.29. The molecule has 0 aromatic heterocycles. The molecule has 0 bridgehead atoms.